The van der Waals surface area contributed by atoms with Crippen LogP contribution in [-0.2, 0) is 4.79 Å². The summed E-state index contributed by atoms with van der Waals surface area (Å²) in [5, 5.41) is 8.96. The monoisotopic (exact) mass is 331 g/mol. The van der Waals surface area contributed by atoms with E-state index in [-0.39, 0.29) is 30.1 Å². The summed E-state index contributed by atoms with van der Waals surface area (Å²) in [6.45, 7) is 3.62. The molecule has 2 rings (SSSR count). The van der Waals surface area contributed by atoms with E-state index in [1.165, 1.54) is 7.05 Å². The number of carbonyl (C=O) groups excluding carboxylic acids is 2. The smallest absolute Gasteiger partial charge is 0.253 e. The summed E-state index contributed by atoms with van der Waals surface area (Å²) in [6.07, 6.45) is 0. The van der Waals surface area contributed by atoms with E-state index in [2.05, 4.69) is 16.0 Å². The van der Waals surface area contributed by atoms with Gasteiger partial charge in [0.1, 0.15) is 0 Å². The van der Waals surface area contributed by atoms with Crippen molar-refractivity contribution in [1.29, 1.82) is 0 Å². The van der Waals surface area contributed by atoms with E-state index >= 15 is 0 Å². The zero-order chi connectivity index (χ0) is 14.7. The Hall–Kier alpha value is -1.30. The van der Waals surface area contributed by atoms with Crippen LogP contribution in [0.25, 0.3) is 0 Å². The first kappa shape index (κ1) is 17.8. The van der Waals surface area contributed by atoms with Crippen LogP contribution in [0.4, 0.5) is 5.69 Å². The minimum Gasteiger partial charge on any atom is -0.355 e. The van der Waals surface area contributed by atoms with Crippen LogP contribution in [0.3, 0.4) is 0 Å². The maximum absolute atomic E-state index is 12.2. The fraction of sp³-hybridized carbons (Fsp3) is 0.429. The Morgan fingerprint density at radius 3 is 2.57 bits per heavy atom. The molecule has 1 heterocycles. The molecule has 1 aliphatic rings. The lowest BCUT2D eigenvalue weighted by atomic mass is 9.88. The van der Waals surface area contributed by atoms with Crippen molar-refractivity contribution in [2.45, 2.75) is 6.92 Å². The summed E-state index contributed by atoms with van der Waals surface area (Å²) in [4.78, 5) is 24.0. The lowest BCUT2D eigenvalue weighted by molar-refractivity contribution is -0.121. The van der Waals surface area contributed by atoms with Crippen molar-refractivity contribution in [1.82, 2.24) is 10.6 Å². The van der Waals surface area contributed by atoms with Crippen LogP contribution in [0.1, 0.15) is 17.3 Å². The van der Waals surface area contributed by atoms with Gasteiger partial charge in [-0.1, -0.05) is 18.5 Å². The van der Waals surface area contributed by atoms with Gasteiger partial charge in [-0.15, -0.1) is 12.4 Å². The highest BCUT2D eigenvalue weighted by Crippen LogP contribution is 2.23. The van der Waals surface area contributed by atoms with Gasteiger partial charge in [0, 0.05) is 18.0 Å². The molecule has 21 heavy (non-hydrogen) atoms. The van der Waals surface area contributed by atoms with Crippen LogP contribution < -0.4 is 16.0 Å². The average Bonchev–Trinajstić information content (AvgIpc) is 2.37. The quantitative estimate of drug-likeness (QED) is 0.789. The second-order valence-electron chi connectivity index (χ2n) is 4.97. The predicted molar refractivity (Wildman–Crippen MR) is 86.2 cm³/mol. The van der Waals surface area contributed by atoms with Crippen molar-refractivity contribution in [3.63, 3.8) is 0 Å². The molecule has 0 aliphatic carbocycles. The maximum Gasteiger partial charge on any atom is 0.253 e. The highest BCUT2D eigenvalue weighted by Gasteiger charge is 2.29. The molecule has 3 N–H and O–H groups in total. The molecule has 1 aromatic carbocycles. The van der Waals surface area contributed by atoms with E-state index < -0.39 is 0 Å². The van der Waals surface area contributed by atoms with Gasteiger partial charge in [-0.05, 0) is 37.2 Å². The molecule has 1 fully saturated rings. The lowest BCUT2D eigenvalue weighted by Crippen LogP contribution is -2.48. The Morgan fingerprint density at radius 1 is 1.38 bits per heavy atom. The van der Waals surface area contributed by atoms with Crippen molar-refractivity contribution in [3.8, 4) is 0 Å². The topological polar surface area (TPSA) is 70.2 Å². The standard InChI is InChI=1S/C14H18ClN3O2.ClH/c1-8(9-6-17-7-9)13(19)18-12-4-3-10(15)5-11(12)14(20)16-2;/h3-5,8-9,17H,6-7H2,1-2H3,(H,16,20)(H,18,19);1H. The Bertz CT molecular complexity index is 533. The molecule has 2 amide bonds. The fourth-order valence-corrected chi connectivity index (χ4v) is 2.25. The number of benzene rings is 1. The number of carbonyl (C=O) groups is 2. The second-order valence-corrected chi connectivity index (χ2v) is 5.40. The highest BCUT2D eigenvalue weighted by molar-refractivity contribution is 6.31. The molecule has 1 aromatic rings. The zero-order valence-corrected chi connectivity index (χ0v) is 13.5. The van der Waals surface area contributed by atoms with E-state index in [1.54, 1.807) is 18.2 Å². The molecule has 0 bridgehead atoms. The van der Waals surface area contributed by atoms with E-state index in [9.17, 15) is 9.59 Å². The molecule has 0 spiro atoms. The fourth-order valence-electron chi connectivity index (χ4n) is 2.07. The minimum atomic E-state index is -0.277. The normalized spacial score (nSPS) is 15.4. The van der Waals surface area contributed by atoms with Crippen molar-refractivity contribution in [2.75, 3.05) is 25.5 Å². The molecule has 1 saturated heterocycles. The Morgan fingerprint density at radius 2 is 2.05 bits per heavy atom. The van der Waals surface area contributed by atoms with E-state index in [0.29, 0.717) is 22.2 Å². The Kier molecular flexibility index (Phi) is 6.45. The van der Waals surface area contributed by atoms with Gasteiger partial charge in [0.15, 0.2) is 0 Å². The molecule has 116 valence electrons. The van der Waals surface area contributed by atoms with Crippen LogP contribution >= 0.6 is 24.0 Å². The van der Waals surface area contributed by atoms with Crippen LogP contribution in [0.5, 0.6) is 0 Å². The largest absolute Gasteiger partial charge is 0.355 e. The Balaban J connectivity index is 0.00000220. The first-order chi connectivity index (χ1) is 9.52. The maximum atomic E-state index is 12.2. The van der Waals surface area contributed by atoms with Gasteiger partial charge in [-0.3, -0.25) is 9.59 Å². The van der Waals surface area contributed by atoms with Crippen LogP contribution in [0.15, 0.2) is 18.2 Å². The number of hydrogen-bond donors (Lipinski definition) is 3. The predicted octanol–water partition coefficient (Wildman–Crippen LogP) is 1.92. The number of nitrogens with one attached hydrogen (secondary N) is 3. The second kappa shape index (κ2) is 7.64. The first-order valence-corrected chi connectivity index (χ1v) is 6.94. The number of halogens is 2. The molecule has 1 unspecified atom stereocenters. The molecular formula is C14H19Cl2N3O2. The summed E-state index contributed by atoms with van der Waals surface area (Å²) in [5.41, 5.74) is 0.852. The molecule has 7 heteroatoms. The molecular weight excluding hydrogens is 313 g/mol. The Labute approximate surface area is 135 Å². The van der Waals surface area contributed by atoms with Gasteiger partial charge in [0.2, 0.25) is 5.91 Å². The van der Waals surface area contributed by atoms with Crippen LogP contribution in [0.2, 0.25) is 5.02 Å². The summed E-state index contributed by atoms with van der Waals surface area (Å²) in [5.74, 6) is -0.0973. The number of anilines is 1. The highest BCUT2D eigenvalue weighted by atomic mass is 35.5. The molecule has 1 aliphatic heterocycles. The van der Waals surface area contributed by atoms with Crippen LogP contribution in [0, 0.1) is 11.8 Å². The van der Waals surface area contributed by atoms with Gasteiger partial charge < -0.3 is 16.0 Å². The van der Waals surface area contributed by atoms with Crippen molar-refractivity contribution >= 4 is 41.5 Å². The summed E-state index contributed by atoms with van der Waals surface area (Å²) in [7, 11) is 1.54. The lowest BCUT2D eigenvalue weighted by Gasteiger charge is -2.31. The third-order valence-corrected chi connectivity index (χ3v) is 3.88. The average molecular weight is 332 g/mol. The van der Waals surface area contributed by atoms with Gasteiger partial charge in [0.05, 0.1) is 11.3 Å². The molecule has 0 saturated carbocycles. The van der Waals surface area contributed by atoms with Crippen molar-refractivity contribution in [3.05, 3.63) is 28.8 Å². The summed E-state index contributed by atoms with van der Waals surface area (Å²) >= 11 is 5.90. The van der Waals surface area contributed by atoms with Gasteiger partial charge in [0.25, 0.3) is 5.91 Å². The van der Waals surface area contributed by atoms with Crippen molar-refractivity contribution in [2.24, 2.45) is 11.8 Å². The third kappa shape index (κ3) is 4.09. The zero-order valence-electron chi connectivity index (χ0n) is 11.9. The SMILES string of the molecule is CNC(=O)c1cc(Cl)ccc1NC(=O)C(C)C1CNC1.Cl. The number of rotatable bonds is 4. The molecule has 0 radical (unpaired) electrons. The van der Waals surface area contributed by atoms with Crippen molar-refractivity contribution < 1.29 is 9.59 Å². The minimum absolute atomic E-state index is 0. The van der Waals surface area contributed by atoms with E-state index in [0.717, 1.165) is 13.1 Å². The molecule has 5 nitrogen and oxygen atoms in total. The van der Waals surface area contributed by atoms with E-state index in [1.807, 2.05) is 6.92 Å². The number of amides is 2. The van der Waals surface area contributed by atoms with E-state index in [4.69, 9.17) is 11.6 Å². The number of hydrogen-bond acceptors (Lipinski definition) is 3. The van der Waals surface area contributed by atoms with Gasteiger partial charge in [-0.2, -0.15) is 0 Å². The first-order valence-electron chi connectivity index (χ1n) is 6.56. The third-order valence-electron chi connectivity index (χ3n) is 3.64. The molecule has 1 atom stereocenters. The van der Waals surface area contributed by atoms with Crippen LogP contribution in [-0.4, -0.2) is 32.0 Å². The summed E-state index contributed by atoms with van der Waals surface area (Å²) < 4.78 is 0. The van der Waals surface area contributed by atoms with Gasteiger partial charge >= 0.3 is 0 Å². The van der Waals surface area contributed by atoms with Gasteiger partial charge in [-0.25, -0.2) is 0 Å². The summed E-state index contributed by atoms with van der Waals surface area (Å²) in [6, 6.07) is 4.85. The molecule has 0 aromatic heterocycles.